The summed E-state index contributed by atoms with van der Waals surface area (Å²) in [4.78, 5) is 12.6. The summed E-state index contributed by atoms with van der Waals surface area (Å²) < 4.78 is 35.9. The van der Waals surface area contributed by atoms with E-state index in [1.165, 1.54) is 0 Å². The van der Waals surface area contributed by atoms with E-state index in [2.05, 4.69) is 4.98 Å². The lowest BCUT2D eigenvalue weighted by atomic mass is 10.3. The molecule has 60 valence electrons. The Balaban J connectivity index is 3.28. The minimum atomic E-state index is -2.94. The first-order valence-electron chi connectivity index (χ1n) is 2.77. The Morgan fingerprint density at radius 1 is 1.36 bits per heavy atom. The predicted molar refractivity (Wildman–Crippen MR) is 32.0 cm³/mol. The standard InChI is InChI=1S/C6H4F3NO/c7-4-2-10-1-3(5(4)11)6(8)9/h1-2,6H,(H,10,11). The van der Waals surface area contributed by atoms with Gasteiger partial charge >= 0.3 is 0 Å². The van der Waals surface area contributed by atoms with Gasteiger partial charge in [0.05, 0.1) is 5.56 Å². The van der Waals surface area contributed by atoms with Crippen LogP contribution in [0.3, 0.4) is 0 Å². The number of hydrogen-bond donors (Lipinski definition) is 1. The summed E-state index contributed by atoms with van der Waals surface area (Å²) in [6.45, 7) is 0. The average Bonchev–Trinajstić information content (AvgIpc) is 1.94. The molecule has 0 unspecified atom stereocenters. The number of rotatable bonds is 1. The van der Waals surface area contributed by atoms with E-state index < -0.39 is 23.2 Å². The molecule has 0 atom stereocenters. The zero-order valence-electron chi connectivity index (χ0n) is 5.27. The summed E-state index contributed by atoms with van der Waals surface area (Å²) in [5.74, 6) is -1.19. The lowest BCUT2D eigenvalue weighted by molar-refractivity contribution is 0.149. The Morgan fingerprint density at radius 3 is 2.45 bits per heavy atom. The zero-order chi connectivity index (χ0) is 8.43. The highest BCUT2D eigenvalue weighted by atomic mass is 19.3. The van der Waals surface area contributed by atoms with Crippen LogP contribution < -0.4 is 5.43 Å². The van der Waals surface area contributed by atoms with Crippen molar-refractivity contribution in [3.63, 3.8) is 0 Å². The molecule has 0 spiro atoms. The number of halogens is 3. The molecular weight excluding hydrogens is 159 g/mol. The molecule has 0 aliphatic rings. The normalized spacial score (nSPS) is 10.5. The average molecular weight is 163 g/mol. The maximum Gasteiger partial charge on any atom is 0.269 e. The van der Waals surface area contributed by atoms with Gasteiger partial charge in [-0.25, -0.2) is 13.2 Å². The van der Waals surface area contributed by atoms with Crippen molar-refractivity contribution in [2.45, 2.75) is 6.43 Å². The minimum Gasteiger partial charge on any atom is -0.364 e. The van der Waals surface area contributed by atoms with E-state index in [9.17, 15) is 18.0 Å². The van der Waals surface area contributed by atoms with Crippen LogP contribution in [-0.2, 0) is 0 Å². The third-order valence-electron chi connectivity index (χ3n) is 1.16. The third-order valence-corrected chi connectivity index (χ3v) is 1.16. The molecule has 0 aliphatic heterocycles. The molecule has 1 N–H and O–H groups in total. The van der Waals surface area contributed by atoms with E-state index in [1.54, 1.807) is 0 Å². The molecule has 5 heteroatoms. The van der Waals surface area contributed by atoms with Crippen molar-refractivity contribution in [2.75, 3.05) is 0 Å². The first kappa shape index (κ1) is 7.84. The topological polar surface area (TPSA) is 32.9 Å². The number of aromatic amines is 1. The molecule has 1 rings (SSSR count). The van der Waals surface area contributed by atoms with Crippen LogP contribution in [0.15, 0.2) is 17.2 Å². The predicted octanol–water partition coefficient (Wildman–Crippen LogP) is 1.45. The molecule has 0 bridgehead atoms. The van der Waals surface area contributed by atoms with Crippen molar-refractivity contribution >= 4 is 0 Å². The monoisotopic (exact) mass is 163 g/mol. The summed E-state index contributed by atoms with van der Waals surface area (Å²) in [5.41, 5.74) is -2.09. The van der Waals surface area contributed by atoms with Crippen LogP contribution in [0, 0.1) is 5.82 Å². The minimum absolute atomic E-state index is 0.730. The Hall–Kier alpha value is -1.26. The fourth-order valence-electron chi connectivity index (χ4n) is 0.636. The summed E-state index contributed by atoms with van der Waals surface area (Å²) >= 11 is 0. The fourth-order valence-corrected chi connectivity index (χ4v) is 0.636. The molecule has 0 saturated carbocycles. The molecule has 2 nitrogen and oxygen atoms in total. The van der Waals surface area contributed by atoms with E-state index in [0.717, 1.165) is 12.4 Å². The number of hydrogen-bond acceptors (Lipinski definition) is 1. The van der Waals surface area contributed by atoms with Gasteiger partial charge in [0.2, 0.25) is 5.43 Å². The van der Waals surface area contributed by atoms with Crippen molar-refractivity contribution in [3.05, 3.63) is 34.0 Å². The van der Waals surface area contributed by atoms with Crippen LogP contribution in [0.5, 0.6) is 0 Å². The molecular formula is C6H4F3NO. The van der Waals surface area contributed by atoms with Crippen molar-refractivity contribution in [1.82, 2.24) is 4.98 Å². The number of pyridine rings is 1. The molecule has 1 heterocycles. The second kappa shape index (κ2) is 2.77. The fraction of sp³-hybridized carbons (Fsp3) is 0.167. The Kier molecular flexibility index (Phi) is 1.98. The second-order valence-corrected chi connectivity index (χ2v) is 1.89. The zero-order valence-corrected chi connectivity index (χ0v) is 5.27. The second-order valence-electron chi connectivity index (χ2n) is 1.89. The number of nitrogens with one attached hydrogen (secondary N) is 1. The van der Waals surface area contributed by atoms with E-state index in [0.29, 0.717) is 0 Å². The lowest BCUT2D eigenvalue weighted by Gasteiger charge is -1.95. The van der Waals surface area contributed by atoms with Crippen molar-refractivity contribution < 1.29 is 13.2 Å². The highest BCUT2D eigenvalue weighted by Crippen LogP contribution is 2.12. The lowest BCUT2D eigenvalue weighted by Crippen LogP contribution is -2.13. The van der Waals surface area contributed by atoms with Crippen molar-refractivity contribution in [1.29, 1.82) is 0 Å². The van der Waals surface area contributed by atoms with Gasteiger partial charge in [0.1, 0.15) is 0 Å². The molecule has 0 saturated heterocycles. The van der Waals surface area contributed by atoms with Gasteiger partial charge in [-0.15, -0.1) is 0 Å². The van der Waals surface area contributed by atoms with E-state index >= 15 is 0 Å². The molecule has 0 fully saturated rings. The molecule has 0 amide bonds. The summed E-state index contributed by atoms with van der Waals surface area (Å²) in [6.07, 6.45) is -1.42. The van der Waals surface area contributed by atoms with E-state index in [-0.39, 0.29) is 0 Å². The molecule has 1 aromatic rings. The summed E-state index contributed by atoms with van der Waals surface area (Å²) in [7, 11) is 0. The smallest absolute Gasteiger partial charge is 0.269 e. The van der Waals surface area contributed by atoms with Crippen LogP contribution in [0.1, 0.15) is 12.0 Å². The first-order valence-corrected chi connectivity index (χ1v) is 2.77. The Labute approximate surface area is 59.7 Å². The Bertz CT molecular complexity index is 307. The number of alkyl halides is 2. The molecule has 1 aromatic heterocycles. The highest BCUT2D eigenvalue weighted by Gasteiger charge is 2.13. The van der Waals surface area contributed by atoms with Gasteiger partial charge in [0.25, 0.3) is 6.43 Å². The number of aromatic nitrogens is 1. The van der Waals surface area contributed by atoms with Gasteiger partial charge in [0.15, 0.2) is 5.82 Å². The van der Waals surface area contributed by atoms with E-state index in [4.69, 9.17) is 0 Å². The van der Waals surface area contributed by atoms with Gasteiger partial charge in [-0.1, -0.05) is 0 Å². The SMILES string of the molecule is O=c1c(F)c[nH]cc1C(F)F. The summed E-state index contributed by atoms with van der Waals surface area (Å²) in [6, 6.07) is 0. The quantitative estimate of drug-likeness (QED) is 0.667. The van der Waals surface area contributed by atoms with Gasteiger partial charge in [-0.05, 0) is 0 Å². The van der Waals surface area contributed by atoms with Gasteiger partial charge in [-0.2, -0.15) is 0 Å². The third kappa shape index (κ3) is 1.42. The van der Waals surface area contributed by atoms with Crippen molar-refractivity contribution in [3.8, 4) is 0 Å². The van der Waals surface area contributed by atoms with Crippen LogP contribution >= 0.6 is 0 Å². The Morgan fingerprint density at radius 2 is 2.00 bits per heavy atom. The molecule has 0 aromatic carbocycles. The summed E-state index contributed by atoms with van der Waals surface area (Å²) in [5, 5.41) is 0. The first-order chi connectivity index (χ1) is 5.13. The molecule has 11 heavy (non-hydrogen) atoms. The number of H-pyrrole nitrogens is 1. The van der Waals surface area contributed by atoms with Gasteiger partial charge < -0.3 is 4.98 Å². The van der Waals surface area contributed by atoms with Gasteiger partial charge in [0, 0.05) is 12.4 Å². The van der Waals surface area contributed by atoms with Crippen LogP contribution in [0.4, 0.5) is 13.2 Å². The van der Waals surface area contributed by atoms with Crippen LogP contribution in [0.25, 0.3) is 0 Å². The maximum atomic E-state index is 12.3. The maximum absolute atomic E-state index is 12.3. The van der Waals surface area contributed by atoms with Crippen LogP contribution in [-0.4, -0.2) is 4.98 Å². The van der Waals surface area contributed by atoms with Gasteiger partial charge in [-0.3, -0.25) is 4.79 Å². The molecule has 0 radical (unpaired) electrons. The van der Waals surface area contributed by atoms with E-state index in [1.807, 2.05) is 0 Å². The largest absolute Gasteiger partial charge is 0.364 e. The van der Waals surface area contributed by atoms with Crippen molar-refractivity contribution in [2.24, 2.45) is 0 Å². The highest BCUT2D eigenvalue weighted by molar-refractivity contribution is 5.11. The molecule has 0 aliphatic carbocycles. The van der Waals surface area contributed by atoms with Crippen LogP contribution in [0.2, 0.25) is 0 Å².